The van der Waals surface area contributed by atoms with Crippen molar-refractivity contribution in [2.75, 3.05) is 6.61 Å². The van der Waals surface area contributed by atoms with E-state index in [4.69, 9.17) is 4.74 Å². The van der Waals surface area contributed by atoms with Crippen molar-refractivity contribution >= 4 is 27.5 Å². The second kappa shape index (κ2) is 8.13. The summed E-state index contributed by atoms with van der Waals surface area (Å²) in [6, 6.07) is 17.5. The molecule has 0 fully saturated rings. The Morgan fingerprint density at radius 2 is 1.73 bits per heavy atom. The number of carbonyl (C=O) groups excluding carboxylic acids is 1. The maximum absolute atomic E-state index is 12.8. The molecule has 0 aliphatic heterocycles. The van der Waals surface area contributed by atoms with Crippen molar-refractivity contribution in [2.24, 2.45) is 0 Å². The molecule has 1 atom stereocenters. The second-order valence-corrected chi connectivity index (χ2v) is 6.78. The van der Waals surface area contributed by atoms with Gasteiger partial charge in [0.1, 0.15) is 0 Å². The van der Waals surface area contributed by atoms with Crippen molar-refractivity contribution in [1.29, 1.82) is 0 Å². The van der Waals surface area contributed by atoms with Crippen LogP contribution in [0.2, 0.25) is 0 Å². The predicted octanol–water partition coefficient (Wildman–Crippen LogP) is 5.19. The van der Waals surface area contributed by atoms with E-state index in [0.29, 0.717) is 18.4 Å². The summed E-state index contributed by atoms with van der Waals surface area (Å²) in [6.07, 6.45) is 2.32. The number of unbranched alkanes of at least 4 members (excludes halogenated alkanes) is 1. The van der Waals surface area contributed by atoms with Crippen LogP contribution in [0.1, 0.15) is 44.6 Å². The lowest BCUT2D eigenvalue weighted by molar-refractivity contribution is -0.144. The topological polar surface area (TPSA) is 43.4 Å². The van der Waals surface area contributed by atoms with Gasteiger partial charge in [-0.3, -0.25) is 9.59 Å². The van der Waals surface area contributed by atoms with Gasteiger partial charge in [-0.2, -0.15) is 0 Å². The van der Waals surface area contributed by atoms with Crippen LogP contribution in [-0.2, 0) is 9.53 Å². The van der Waals surface area contributed by atoms with Crippen LogP contribution in [-0.4, -0.2) is 12.6 Å². The fourth-order valence-electron chi connectivity index (χ4n) is 3.11. The molecule has 0 aromatic heterocycles. The van der Waals surface area contributed by atoms with E-state index in [2.05, 4.69) is 6.92 Å². The molecule has 3 nitrogen and oxygen atoms in total. The van der Waals surface area contributed by atoms with Crippen molar-refractivity contribution in [3.8, 4) is 0 Å². The van der Waals surface area contributed by atoms with E-state index in [1.165, 1.54) is 0 Å². The van der Waals surface area contributed by atoms with E-state index >= 15 is 0 Å². The van der Waals surface area contributed by atoms with E-state index < -0.39 is 0 Å². The summed E-state index contributed by atoms with van der Waals surface area (Å²) < 4.78 is 5.38. The molecule has 1 unspecified atom stereocenters. The number of rotatable bonds is 6. The van der Waals surface area contributed by atoms with Crippen LogP contribution in [0.3, 0.4) is 0 Å². The first-order valence-electron chi connectivity index (χ1n) is 9.21. The molecule has 3 heteroatoms. The zero-order valence-electron chi connectivity index (χ0n) is 15.3. The predicted molar refractivity (Wildman–Crippen MR) is 107 cm³/mol. The second-order valence-electron chi connectivity index (χ2n) is 6.78. The van der Waals surface area contributed by atoms with Gasteiger partial charge in [0.05, 0.1) is 6.61 Å². The van der Waals surface area contributed by atoms with Crippen LogP contribution < -0.4 is 5.43 Å². The highest BCUT2D eigenvalue weighted by Gasteiger charge is 2.11. The molecule has 3 aromatic rings. The van der Waals surface area contributed by atoms with Gasteiger partial charge in [-0.1, -0.05) is 74.9 Å². The Morgan fingerprint density at radius 1 is 1.00 bits per heavy atom. The highest BCUT2D eigenvalue weighted by Crippen LogP contribution is 2.22. The molecular formula is C23H24O3. The highest BCUT2D eigenvalue weighted by atomic mass is 16.5. The molecule has 0 bridgehead atoms. The molecule has 134 valence electrons. The molecule has 0 aliphatic carbocycles. The molecule has 0 heterocycles. The summed E-state index contributed by atoms with van der Waals surface area (Å²) in [4.78, 5) is 24.5. The Morgan fingerprint density at radius 3 is 2.54 bits per heavy atom. The van der Waals surface area contributed by atoms with Gasteiger partial charge in [0.2, 0.25) is 0 Å². The minimum absolute atomic E-state index is 0.0470. The number of benzene rings is 2. The third-order valence-electron chi connectivity index (χ3n) is 4.77. The van der Waals surface area contributed by atoms with Crippen LogP contribution >= 0.6 is 0 Å². The Balaban J connectivity index is 1.88. The maximum Gasteiger partial charge on any atom is 0.305 e. The van der Waals surface area contributed by atoms with Crippen molar-refractivity contribution < 1.29 is 9.53 Å². The standard InChI is InChI=1S/C23H24O3/c1-3-4-9-22(24)26-15-16(2)18-12-13-21-19(14-18)11-10-17-7-5-6-8-20(17)23(21)25/h5-8,10-14,16H,3-4,9,15H2,1-2H3. The van der Waals surface area contributed by atoms with Crippen LogP contribution in [0.4, 0.5) is 0 Å². The summed E-state index contributed by atoms with van der Waals surface area (Å²) >= 11 is 0. The van der Waals surface area contributed by atoms with Crippen LogP contribution in [0.15, 0.2) is 59.4 Å². The molecular weight excluding hydrogens is 324 g/mol. The third-order valence-corrected chi connectivity index (χ3v) is 4.77. The zero-order valence-corrected chi connectivity index (χ0v) is 15.3. The number of fused-ring (bicyclic) bond motifs is 2. The lowest BCUT2D eigenvalue weighted by Gasteiger charge is -2.13. The Labute approximate surface area is 153 Å². The van der Waals surface area contributed by atoms with E-state index in [1.54, 1.807) is 0 Å². The SMILES string of the molecule is CCCCC(=O)OCC(C)c1ccc2c(=O)c3ccccc3ccc2c1. The van der Waals surface area contributed by atoms with Crippen molar-refractivity contribution in [2.45, 2.75) is 39.0 Å². The van der Waals surface area contributed by atoms with Crippen LogP contribution in [0.5, 0.6) is 0 Å². The summed E-state index contributed by atoms with van der Waals surface area (Å²) in [7, 11) is 0. The molecule has 0 N–H and O–H groups in total. The van der Waals surface area contributed by atoms with Crippen LogP contribution in [0, 0.1) is 0 Å². The quantitative estimate of drug-likeness (QED) is 0.576. The first-order chi connectivity index (χ1) is 12.6. The molecule has 26 heavy (non-hydrogen) atoms. The molecule has 0 aliphatic rings. The fraction of sp³-hybridized carbons (Fsp3) is 0.304. The van der Waals surface area contributed by atoms with Gasteiger partial charge in [0, 0.05) is 23.1 Å². The highest BCUT2D eigenvalue weighted by molar-refractivity contribution is 5.93. The van der Waals surface area contributed by atoms with Crippen molar-refractivity contribution in [3.05, 3.63) is 70.4 Å². The maximum atomic E-state index is 12.8. The number of carbonyl (C=O) groups is 1. The molecule has 3 rings (SSSR count). The minimum atomic E-state index is -0.140. The molecule has 0 radical (unpaired) electrons. The molecule has 0 amide bonds. The third kappa shape index (κ3) is 3.93. The largest absolute Gasteiger partial charge is 0.465 e. The van der Waals surface area contributed by atoms with Crippen LogP contribution in [0.25, 0.3) is 21.5 Å². The zero-order chi connectivity index (χ0) is 18.5. The minimum Gasteiger partial charge on any atom is -0.465 e. The average molecular weight is 348 g/mol. The summed E-state index contributed by atoms with van der Waals surface area (Å²) in [5, 5.41) is 3.29. The van der Waals surface area contributed by atoms with Gasteiger partial charge < -0.3 is 4.74 Å². The lowest BCUT2D eigenvalue weighted by atomic mass is 9.99. The number of esters is 1. The number of hydrogen-bond donors (Lipinski definition) is 0. The first kappa shape index (κ1) is 18.1. The van der Waals surface area contributed by atoms with Gasteiger partial charge in [-0.05, 0) is 22.8 Å². The van der Waals surface area contributed by atoms with Gasteiger partial charge in [-0.25, -0.2) is 0 Å². The normalized spacial score (nSPS) is 12.2. The molecule has 0 saturated carbocycles. The fourth-order valence-corrected chi connectivity index (χ4v) is 3.11. The van der Waals surface area contributed by atoms with Crippen molar-refractivity contribution in [3.63, 3.8) is 0 Å². The molecule has 0 spiro atoms. The summed E-state index contributed by atoms with van der Waals surface area (Å²) in [5.41, 5.74) is 1.11. The van der Waals surface area contributed by atoms with E-state index in [9.17, 15) is 9.59 Å². The first-order valence-corrected chi connectivity index (χ1v) is 9.21. The summed E-state index contributed by atoms with van der Waals surface area (Å²) in [6.45, 7) is 4.45. The lowest BCUT2D eigenvalue weighted by Crippen LogP contribution is -2.10. The van der Waals surface area contributed by atoms with Gasteiger partial charge in [-0.15, -0.1) is 0 Å². The number of ether oxygens (including phenoxy) is 1. The molecule has 0 saturated heterocycles. The smallest absolute Gasteiger partial charge is 0.305 e. The van der Waals surface area contributed by atoms with E-state index in [-0.39, 0.29) is 17.3 Å². The van der Waals surface area contributed by atoms with Gasteiger partial charge in [0.15, 0.2) is 5.43 Å². The van der Waals surface area contributed by atoms with E-state index in [1.807, 2.05) is 61.5 Å². The van der Waals surface area contributed by atoms with E-state index in [0.717, 1.165) is 34.6 Å². The monoisotopic (exact) mass is 348 g/mol. The Bertz CT molecular complexity index is 991. The number of hydrogen-bond acceptors (Lipinski definition) is 3. The summed E-state index contributed by atoms with van der Waals surface area (Å²) in [5.74, 6) is -0.0565. The Kier molecular flexibility index (Phi) is 5.67. The van der Waals surface area contributed by atoms with Gasteiger partial charge >= 0.3 is 5.97 Å². The molecule has 3 aromatic carbocycles. The Hall–Kier alpha value is -2.68. The average Bonchev–Trinajstić information content (AvgIpc) is 2.81. The van der Waals surface area contributed by atoms with Gasteiger partial charge in [0.25, 0.3) is 0 Å². The van der Waals surface area contributed by atoms with Crippen molar-refractivity contribution in [1.82, 2.24) is 0 Å².